The molecule has 1 saturated heterocycles. The molecule has 0 aromatic heterocycles. The summed E-state index contributed by atoms with van der Waals surface area (Å²) in [6.07, 6.45) is 0. The molecule has 0 radical (unpaired) electrons. The van der Waals surface area contributed by atoms with Crippen molar-refractivity contribution < 1.29 is 13.9 Å². The Bertz CT molecular complexity index is 419. The maximum atomic E-state index is 12.7. The molecule has 0 atom stereocenters. The third-order valence-electron chi connectivity index (χ3n) is 3.15. The molecule has 5 nitrogen and oxygen atoms in total. The fourth-order valence-electron chi connectivity index (χ4n) is 1.99. The molecule has 1 amide bonds. The van der Waals surface area contributed by atoms with Crippen LogP contribution in [0.15, 0.2) is 24.3 Å². The third kappa shape index (κ3) is 5.14. The van der Waals surface area contributed by atoms with E-state index >= 15 is 0 Å². The average Bonchev–Trinajstić information content (AvgIpc) is 2.48. The number of amides is 1. The van der Waals surface area contributed by atoms with Crippen molar-refractivity contribution in [1.82, 2.24) is 10.2 Å². The van der Waals surface area contributed by atoms with Gasteiger partial charge in [-0.3, -0.25) is 9.69 Å². The molecule has 1 aliphatic rings. The number of halogens is 1. The second kappa shape index (κ2) is 7.81. The smallest absolute Gasteiger partial charge is 0.239 e. The van der Waals surface area contributed by atoms with Crippen LogP contribution in [-0.4, -0.2) is 56.7 Å². The molecule has 0 saturated carbocycles. The van der Waals surface area contributed by atoms with Crippen molar-refractivity contribution in [3.8, 4) is 0 Å². The van der Waals surface area contributed by atoms with Crippen LogP contribution < -0.4 is 10.6 Å². The molecule has 0 unspecified atom stereocenters. The number of nitrogens with zero attached hydrogens (tertiary/aromatic N) is 1. The minimum Gasteiger partial charge on any atom is -0.379 e. The lowest BCUT2D eigenvalue weighted by Gasteiger charge is -2.26. The molecule has 1 heterocycles. The van der Waals surface area contributed by atoms with Crippen molar-refractivity contribution in [3.05, 3.63) is 30.1 Å². The zero-order chi connectivity index (χ0) is 14.2. The maximum Gasteiger partial charge on any atom is 0.239 e. The highest BCUT2D eigenvalue weighted by Gasteiger charge is 2.09. The standard InChI is InChI=1S/C14H20FN3O2/c15-12-1-3-13(4-2-12)17-11-14(19)16-5-6-18-7-9-20-10-8-18/h1-4,17H,5-11H2,(H,16,19). The molecule has 1 aromatic carbocycles. The Morgan fingerprint density at radius 3 is 2.65 bits per heavy atom. The molecule has 0 bridgehead atoms. The van der Waals surface area contributed by atoms with Gasteiger partial charge in [0.1, 0.15) is 5.82 Å². The summed E-state index contributed by atoms with van der Waals surface area (Å²) in [4.78, 5) is 13.9. The van der Waals surface area contributed by atoms with E-state index in [9.17, 15) is 9.18 Å². The first-order valence-corrected chi connectivity index (χ1v) is 6.80. The van der Waals surface area contributed by atoms with E-state index in [0.717, 1.165) is 38.5 Å². The highest BCUT2D eigenvalue weighted by atomic mass is 19.1. The van der Waals surface area contributed by atoms with Crippen molar-refractivity contribution in [1.29, 1.82) is 0 Å². The Kier molecular flexibility index (Phi) is 5.76. The van der Waals surface area contributed by atoms with Crippen LogP contribution in [0.1, 0.15) is 0 Å². The summed E-state index contributed by atoms with van der Waals surface area (Å²) in [5, 5.41) is 5.80. The number of benzene rings is 1. The lowest BCUT2D eigenvalue weighted by Crippen LogP contribution is -2.42. The number of rotatable bonds is 6. The Balaban J connectivity index is 1.59. The van der Waals surface area contributed by atoms with Crippen molar-refractivity contribution in [2.24, 2.45) is 0 Å². The van der Waals surface area contributed by atoms with Crippen molar-refractivity contribution in [3.63, 3.8) is 0 Å². The summed E-state index contributed by atoms with van der Waals surface area (Å²) in [7, 11) is 0. The van der Waals surface area contributed by atoms with Gasteiger partial charge in [0.15, 0.2) is 0 Å². The van der Waals surface area contributed by atoms with Crippen LogP contribution >= 0.6 is 0 Å². The lowest BCUT2D eigenvalue weighted by molar-refractivity contribution is -0.119. The fourth-order valence-corrected chi connectivity index (χ4v) is 1.99. The van der Waals surface area contributed by atoms with E-state index in [1.165, 1.54) is 12.1 Å². The van der Waals surface area contributed by atoms with Crippen LogP contribution in [0.2, 0.25) is 0 Å². The van der Waals surface area contributed by atoms with Gasteiger partial charge in [0.2, 0.25) is 5.91 Å². The van der Waals surface area contributed by atoms with Crippen LogP contribution in [0.5, 0.6) is 0 Å². The van der Waals surface area contributed by atoms with Gasteiger partial charge >= 0.3 is 0 Å². The highest BCUT2D eigenvalue weighted by molar-refractivity contribution is 5.80. The number of carbonyl (C=O) groups is 1. The van der Waals surface area contributed by atoms with E-state index in [-0.39, 0.29) is 18.3 Å². The fraction of sp³-hybridized carbons (Fsp3) is 0.500. The molecular formula is C14H20FN3O2. The Morgan fingerprint density at radius 1 is 1.25 bits per heavy atom. The first-order valence-electron chi connectivity index (χ1n) is 6.80. The number of hydrogen-bond donors (Lipinski definition) is 2. The van der Waals surface area contributed by atoms with Crippen molar-refractivity contribution >= 4 is 11.6 Å². The average molecular weight is 281 g/mol. The largest absolute Gasteiger partial charge is 0.379 e. The molecule has 20 heavy (non-hydrogen) atoms. The second-order valence-corrected chi connectivity index (χ2v) is 4.66. The van der Waals surface area contributed by atoms with Crippen LogP contribution in [0.25, 0.3) is 0 Å². The van der Waals surface area contributed by atoms with Crippen LogP contribution in [0, 0.1) is 5.82 Å². The first kappa shape index (κ1) is 14.7. The zero-order valence-electron chi connectivity index (χ0n) is 11.4. The van der Waals surface area contributed by atoms with Gasteiger partial charge < -0.3 is 15.4 Å². The first-order chi connectivity index (χ1) is 9.74. The minimum absolute atomic E-state index is 0.0671. The number of ether oxygens (including phenoxy) is 1. The number of anilines is 1. The lowest BCUT2D eigenvalue weighted by atomic mass is 10.3. The highest BCUT2D eigenvalue weighted by Crippen LogP contribution is 2.07. The molecular weight excluding hydrogens is 261 g/mol. The van der Waals surface area contributed by atoms with E-state index in [1.54, 1.807) is 12.1 Å². The van der Waals surface area contributed by atoms with E-state index in [0.29, 0.717) is 6.54 Å². The Labute approximate surface area is 118 Å². The van der Waals surface area contributed by atoms with Crippen LogP contribution in [0.3, 0.4) is 0 Å². The van der Waals surface area contributed by atoms with Crippen molar-refractivity contribution in [2.75, 3.05) is 51.3 Å². The summed E-state index contributed by atoms with van der Waals surface area (Å²) in [5.74, 6) is -0.354. The SMILES string of the molecule is O=C(CNc1ccc(F)cc1)NCCN1CCOCC1. The number of nitrogens with one attached hydrogen (secondary N) is 2. The molecule has 1 aromatic rings. The van der Waals surface area contributed by atoms with Crippen molar-refractivity contribution in [2.45, 2.75) is 0 Å². The minimum atomic E-state index is -0.287. The summed E-state index contributed by atoms with van der Waals surface area (Å²) >= 11 is 0. The molecule has 0 aliphatic carbocycles. The number of hydrogen-bond acceptors (Lipinski definition) is 4. The maximum absolute atomic E-state index is 12.7. The van der Waals surface area contributed by atoms with Gasteiger partial charge in [-0.1, -0.05) is 0 Å². The summed E-state index contributed by atoms with van der Waals surface area (Å²) in [6, 6.07) is 5.93. The van der Waals surface area contributed by atoms with Crippen LogP contribution in [-0.2, 0) is 9.53 Å². The molecule has 1 fully saturated rings. The van der Waals surface area contributed by atoms with Crippen LogP contribution in [0.4, 0.5) is 10.1 Å². The molecule has 2 N–H and O–H groups in total. The predicted molar refractivity (Wildman–Crippen MR) is 75.2 cm³/mol. The predicted octanol–water partition coefficient (Wildman–Crippen LogP) is 0.686. The van der Waals surface area contributed by atoms with E-state index in [4.69, 9.17) is 4.74 Å². The molecule has 2 rings (SSSR count). The van der Waals surface area contributed by atoms with Gasteiger partial charge in [-0.05, 0) is 24.3 Å². The molecule has 0 spiro atoms. The summed E-state index contributed by atoms with van der Waals surface area (Å²) < 4.78 is 18.0. The summed E-state index contributed by atoms with van der Waals surface area (Å²) in [6.45, 7) is 5.03. The monoisotopic (exact) mass is 281 g/mol. The topological polar surface area (TPSA) is 53.6 Å². The van der Waals surface area contributed by atoms with Gasteiger partial charge in [-0.25, -0.2) is 4.39 Å². The molecule has 110 valence electrons. The second-order valence-electron chi connectivity index (χ2n) is 4.66. The van der Waals surface area contributed by atoms with E-state index in [1.807, 2.05) is 0 Å². The Morgan fingerprint density at radius 2 is 1.95 bits per heavy atom. The molecule has 6 heteroatoms. The van der Waals surface area contributed by atoms with Gasteiger partial charge in [0, 0.05) is 31.9 Å². The van der Waals surface area contributed by atoms with Gasteiger partial charge in [0.05, 0.1) is 19.8 Å². The number of morpholine rings is 1. The Hall–Kier alpha value is -1.66. The normalized spacial score (nSPS) is 15.8. The third-order valence-corrected chi connectivity index (χ3v) is 3.15. The summed E-state index contributed by atoms with van der Waals surface area (Å²) in [5.41, 5.74) is 0.731. The number of carbonyl (C=O) groups excluding carboxylic acids is 1. The van der Waals surface area contributed by atoms with Gasteiger partial charge in [0.25, 0.3) is 0 Å². The van der Waals surface area contributed by atoms with Gasteiger partial charge in [-0.15, -0.1) is 0 Å². The zero-order valence-corrected chi connectivity index (χ0v) is 11.4. The van der Waals surface area contributed by atoms with E-state index in [2.05, 4.69) is 15.5 Å². The van der Waals surface area contributed by atoms with E-state index < -0.39 is 0 Å². The molecule has 1 aliphatic heterocycles. The van der Waals surface area contributed by atoms with Gasteiger partial charge in [-0.2, -0.15) is 0 Å². The quantitative estimate of drug-likeness (QED) is 0.805.